The van der Waals surface area contributed by atoms with Crippen LogP contribution in [0.2, 0.25) is 0 Å². The van der Waals surface area contributed by atoms with Crippen LogP contribution in [0.1, 0.15) is 16.7 Å². The summed E-state index contributed by atoms with van der Waals surface area (Å²) in [4.78, 5) is 23.2. The Morgan fingerprint density at radius 1 is 1.17 bits per heavy atom. The number of nitrogens with zero attached hydrogens (tertiary/aromatic N) is 5. The van der Waals surface area contributed by atoms with Crippen molar-refractivity contribution in [2.24, 2.45) is 10.2 Å². The number of nitro groups is 1. The average Bonchev–Trinajstić information content (AvgIpc) is 2.72. The molecule has 0 aliphatic rings. The van der Waals surface area contributed by atoms with Crippen molar-refractivity contribution in [2.75, 3.05) is 0 Å². The average molecular weight is 389 g/mol. The van der Waals surface area contributed by atoms with Gasteiger partial charge in [-0.2, -0.15) is 10.4 Å². The fraction of sp³-hybridized carbons (Fsp3) is 0.100. The minimum Gasteiger partial charge on any atom is -0.493 e. The highest BCUT2D eigenvalue weighted by Crippen LogP contribution is 2.28. The van der Waals surface area contributed by atoms with Crippen LogP contribution in [0, 0.1) is 28.4 Å². The fourth-order valence-electron chi connectivity index (χ4n) is 2.75. The summed E-state index contributed by atoms with van der Waals surface area (Å²) in [6.07, 6.45) is 0. The summed E-state index contributed by atoms with van der Waals surface area (Å²) in [6.45, 7) is 1.52. The number of rotatable bonds is 5. The van der Waals surface area contributed by atoms with Crippen LogP contribution >= 0.6 is 0 Å². The Kier molecular flexibility index (Phi) is 5.46. The molecule has 2 aromatic carbocycles. The number of aromatic nitrogens is 1. The molecule has 1 N–H and O–H groups in total. The number of non-ortho nitro benzene ring substituents is 1. The van der Waals surface area contributed by atoms with E-state index >= 15 is 0 Å². The third-order valence-electron chi connectivity index (χ3n) is 4.26. The van der Waals surface area contributed by atoms with Crippen molar-refractivity contribution in [3.8, 4) is 11.9 Å². The van der Waals surface area contributed by atoms with Crippen molar-refractivity contribution in [3.63, 3.8) is 0 Å². The summed E-state index contributed by atoms with van der Waals surface area (Å²) in [5.41, 5.74) is 0.0994. The first-order chi connectivity index (χ1) is 13.9. The van der Waals surface area contributed by atoms with E-state index in [4.69, 9.17) is 0 Å². The van der Waals surface area contributed by atoms with Crippen molar-refractivity contribution in [1.82, 2.24) is 4.57 Å². The fourth-order valence-corrected chi connectivity index (χ4v) is 2.75. The molecule has 0 aliphatic carbocycles. The van der Waals surface area contributed by atoms with Gasteiger partial charge in [-0.3, -0.25) is 19.5 Å². The molecule has 0 fully saturated rings. The summed E-state index contributed by atoms with van der Waals surface area (Å²) < 4.78 is 1.04. The Morgan fingerprint density at radius 2 is 1.90 bits per heavy atom. The molecule has 3 aromatic rings. The third-order valence-corrected chi connectivity index (χ3v) is 4.26. The van der Waals surface area contributed by atoms with E-state index in [0.29, 0.717) is 0 Å². The Morgan fingerprint density at radius 3 is 2.55 bits per heavy atom. The molecule has 0 atom stereocenters. The van der Waals surface area contributed by atoms with E-state index in [1.165, 1.54) is 31.2 Å². The first kappa shape index (κ1) is 19.4. The zero-order valence-electron chi connectivity index (χ0n) is 15.3. The van der Waals surface area contributed by atoms with Gasteiger partial charge in [-0.1, -0.05) is 36.4 Å². The summed E-state index contributed by atoms with van der Waals surface area (Å²) in [5.74, 6) is -0.451. The Bertz CT molecular complexity index is 1210. The molecule has 0 saturated carbocycles. The molecule has 0 saturated heterocycles. The molecule has 0 aliphatic heterocycles. The summed E-state index contributed by atoms with van der Waals surface area (Å²) in [5, 5.41) is 38.6. The summed E-state index contributed by atoms with van der Waals surface area (Å²) in [7, 11) is 0. The van der Waals surface area contributed by atoms with Crippen LogP contribution in [0.3, 0.4) is 0 Å². The predicted octanol–water partition coefficient (Wildman–Crippen LogP) is 4.11. The zero-order valence-corrected chi connectivity index (χ0v) is 15.3. The van der Waals surface area contributed by atoms with Gasteiger partial charge in [-0.15, -0.1) is 5.11 Å². The van der Waals surface area contributed by atoms with E-state index in [1.807, 2.05) is 12.1 Å². The molecular formula is C20H15N5O4. The van der Waals surface area contributed by atoms with Crippen molar-refractivity contribution in [1.29, 1.82) is 5.26 Å². The van der Waals surface area contributed by atoms with Crippen molar-refractivity contribution < 1.29 is 10.0 Å². The molecule has 144 valence electrons. The van der Waals surface area contributed by atoms with Gasteiger partial charge in [0.25, 0.3) is 11.2 Å². The van der Waals surface area contributed by atoms with Gasteiger partial charge < -0.3 is 5.11 Å². The van der Waals surface area contributed by atoms with E-state index < -0.39 is 16.4 Å². The predicted molar refractivity (Wildman–Crippen MR) is 105 cm³/mol. The Labute approximate surface area is 165 Å². The van der Waals surface area contributed by atoms with Crippen LogP contribution in [0.4, 0.5) is 17.1 Å². The van der Waals surface area contributed by atoms with Gasteiger partial charge in [-0.05, 0) is 18.6 Å². The lowest BCUT2D eigenvalue weighted by molar-refractivity contribution is -0.384. The smallest absolute Gasteiger partial charge is 0.281 e. The molecule has 0 bridgehead atoms. The minimum atomic E-state index is -0.628. The van der Waals surface area contributed by atoms with E-state index in [-0.39, 0.29) is 34.7 Å². The number of pyridine rings is 1. The van der Waals surface area contributed by atoms with Crippen molar-refractivity contribution in [3.05, 3.63) is 91.8 Å². The molecule has 9 nitrogen and oxygen atoms in total. The maximum absolute atomic E-state index is 12.9. The second-order valence-electron chi connectivity index (χ2n) is 6.14. The third kappa shape index (κ3) is 4.01. The Hall–Kier alpha value is -4.32. The molecule has 0 spiro atoms. The highest BCUT2D eigenvalue weighted by atomic mass is 16.6. The molecule has 1 aromatic heterocycles. The molecule has 9 heteroatoms. The largest absolute Gasteiger partial charge is 0.493 e. The van der Waals surface area contributed by atoms with Gasteiger partial charge in [0.1, 0.15) is 11.6 Å². The van der Waals surface area contributed by atoms with Crippen LogP contribution in [-0.4, -0.2) is 14.6 Å². The van der Waals surface area contributed by atoms with Crippen LogP contribution in [-0.2, 0) is 6.54 Å². The number of hydrogen-bond donors (Lipinski definition) is 1. The topological polar surface area (TPSA) is 134 Å². The van der Waals surface area contributed by atoms with Crippen LogP contribution in [0.15, 0.2) is 69.6 Å². The first-order valence-corrected chi connectivity index (χ1v) is 8.49. The minimum absolute atomic E-state index is 0.0415. The van der Waals surface area contributed by atoms with Crippen LogP contribution in [0.25, 0.3) is 0 Å². The lowest BCUT2D eigenvalue weighted by Crippen LogP contribution is -2.22. The molecule has 29 heavy (non-hydrogen) atoms. The van der Waals surface area contributed by atoms with Gasteiger partial charge in [0, 0.05) is 17.7 Å². The zero-order chi connectivity index (χ0) is 21.0. The van der Waals surface area contributed by atoms with Gasteiger partial charge in [0.15, 0.2) is 5.69 Å². The lowest BCUT2D eigenvalue weighted by atomic mass is 10.1. The molecule has 0 radical (unpaired) electrons. The lowest BCUT2D eigenvalue weighted by Gasteiger charge is -2.13. The number of aromatic hydroxyl groups is 1. The quantitative estimate of drug-likeness (QED) is 0.398. The summed E-state index contributed by atoms with van der Waals surface area (Å²) in [6, 6.07) is 16.3. The second kappa shape index (κ2) is 8.14. The number of hydrogen-bond acceptors (Lipinski definition) is 7. The first-order valence-electron chi connectivity index (χ1n) is 8.49. The van der Waals surface area contributed by atoms with Crippen molar-refractivity contribution in [2.45, 2.75) is 13.5 Å². The maximum Gasteiger partial charge on any atom is 0.281 e. The normalized spacial score (nSPS) is 10.8. The second-order valence-corrected chi connectivity index (χ2v) is 6.14. The highest BCUT2D eigenvalue weighted by molar-refractivity contribution is 5.57. The van der Waals surface area contributed by atoms with Gasteiger partial charge in [-0.25, -0.2) is 0 Å². The van der Waals surface area contributed by atoms with Gasteiger partial charge >= 0.3 is 0 Å². The molecule has 0 amide bonds. The van der Waals surface area contributed by atoms with Crippen molar-refractivity contribution >= 4 is 17.1 Å². The Balaban J connectivity index is 2.10. The van der Waals surface area contributed by atoms with Gasteiger partial charge in [0.2, 0.25) is 5.88 Å². The maximum atomic E-state index is 12.9. The number of nitro benzene ring substituents is 1. The van der Waals surface area contributed by atoms with E-state index in [1.54, 1.807) is 24.3 Å². The number of benzene rings is 2. The van der Waals surface area contributed by atoms with Crippen LogP contribution < -0.4 is 5.56 Å². The summed E-state index contributed by atoms with van der Waals surface area (Å²) >= 11 is 0. The number of nitriles is 1. The number of azo groups is 1. The van der Waals surface area contributed by atoms with E-state index in [2.05, 4.69) is 10.2 Å². The standard InChI is InChI=1S/C20H15N5O4/c1-13-17(11-21)19(26)24(12-14-6-3-2-4-7-14)20(27)18(13)23-22-15-8-5-9-16(10-15)25(28)29/h2-10,26H,12H2,1H3. The molecule has 3 rings (SSSR count). The molecule has 0 unspecified atom stereocenters. The highest BCUT2D eigenvalue weighted by Gasteiger charge is 2.19. The van der Waals surface area contributed by atoms with E-state index in [9.17, 15) is 25.3 Å². The van der Waals surface area contributed by atoms with Gasteiger partial charge in [0.05, 0.1) is 17.2 Å². The SMILES string of the molecule is Cc1c(C#N)c(O)n(Cc2ccccc2)c(=O)c1N=Nc1cccc([N+](=O)[O-])c1. The molecule has 1 heterocycles. The van der Waals surface area contributed by atoms with E-state index in [0.717, 1.165) is 10.1 Å². The monoisotopic (exact) mass is 389 g/mol. The van der Waals surface area contributed by atoms with Crippen LogP contribution in [0.5, 0.6) is 5.88 Å². The molecular weight excluding hydrogens is 374 g/mol.